The van der Waals surface area contributed by atoms with Crippen LogP contribution in [0.3, 0.4) is 0 Å². The molecule has 1 saturated heterocycles. The van der Waals surface area contributed by atoms with Crippen molar-refractivity contribution in [2.75, 3.05) is 31.1 Å². The van der Waals surface area contributed by atoms with Crippen molar-refractivity contribution in [3.63, 3.8) is 0 Å². The fraction of sp³-hybridized carbons (Fsp3) is 0.526. The molecule has 0 bridgehead atoms. The molecular formula is C19H28F2IN7. The first-order chi connectivity index (χ1) is 13.6. The van der Waals surface area contributed by atoms with E-state index in [1.54, 1.807) is 11.2 Å². The summed E-state index contributed by atoms with van der Waals surface area (Å²) in [6, 6.07) is 4.04. The van der Waals surface area contributed by atoms with Crippen LogP contribution < -0.4 is 15.5 Å². The highest BCUT2D eigenvalue weighted by molar-refractivity contribution is 14.0. The van der Waals surface area contributed by atoms with Gasteiger partial charge in [0.25, 0.3) is 0 Å². The number of guanidine groups is 1. The third-order valence-corrected chi connectivity index (χ3v) is 4.75. The summed E-state index contributed by atoms with van der Waals surface area (Å²) in [7, 11) is 0. The normalized spacial score (nSPS) is 16.6. The van der Waals surface area contributed by atoms with E-state index in [-0.39, 0.29) is 35.7 Å². The zero-order valence-corrected chi connectivity index (χ0v) is 19.1. The first kappa shape index (κ1) is 23.3. The van der Waals surface area contributed by atoms with Crippen LogP contribution in [0, 0.1) is 11.6 Å². The Balaban J connectivity index is 0.00000300. The van der Waals surface area contributed by atoms with Crippen molar-refractivity contribution < 1.29 is 8.78 Å². The Morgan fingerprint density at radius 2 is 2.03 bits per heavy atom. The minimum absolute atomic E-state index is 0. The van der Waals surface area contributed by atoms with Crippen molar-refractivity contribution in [2.45, 2.75) is 39.3 Å². The Hall–Kier alpha value is -1.98. The zero-order valence-electron chi connectivity index (χ0n) is 16.7. The van der Waals surface area contributed by atoms with Gasteiger partial charge in [-0.1, -0.05) is 13.0 Å². The molecule has 29 heavy (non-hydrogen) atoms. The molecule has 1 aliphatic heterocycles. The second-order valence-electron chi connectivity index (χ2n) is 6.70. The van der Waals surface area contributed by atoms with Gasteiger partial charge < -0.3 is 20.1 Å². The highest BCUT2D eigenvalue weighted by atomic mass is 127. The molecule has 0 saturated carbocycles. The molecule has 1 fully saturated rings. The summed E-state index contributed by atoms with van der Waals surface area (Å²) in [5.74, 6) is 0.588. The van der Waals surface area contributed by atoms with Crippen LogP contribution in [0.5, 0.6) is 0 Å². The van der Waals surface area contributed by atoms with Crippen LogP contribution in [-0.2, 0) is 13.0 Å². The first-order valence-electron chi connectivity index (χ1n) is 9.72. The van der Waals surface area contributed by atoms with Crippen LogP contribution in [0.2, 0.25) is 0 Å². The number of benzene rings is 1. The molecule has 1 aromatic carbocycles. The zero-order chi connectivity index (χ0) is 19.9. The monoisotopic (exact) mass is 519 g/mol. The standard InChI is InChI=1S/C19H27F2N7.HI/c1-3-17-26-24-13-28(17)11-9-23-19(22-4-2)25-14-8-10-27(12-14)18-15(20)6-5-7-16(18)21;/h5-7,13-14H,3-4,8-12H2,1-2H3,(H2,22,23,25);1H. The van der Waals surface area contributed by atoms with Gasteiger partial charge in [-0.15, -0.1) is 34.2 Å². The lowest BCUT2D eigenvalue weighted by atomic mass is 10.2. The molecule has 0 amide bonds. The van der Waals surface area contributed by atoms with Gasteiger partial charge in [0.1, 0.15) is 29.5 Å². The molecule has 3 rings (SSSR count). The molecule has 0 radical (unpaired) electrons. The van der Waals surface area contributed by atoms with Crippen LogP contribution in [0.25, 0.3) is 0 Å². The lowest BCUT2D eigenvalue weighted by molar-refractivity contribution is 0.575. The number of aromatic nitrogens is 3. The number of anilines is 1. The van der Waals surface area contributed by atoms with Gasteiger partial charge in [-0.3, -0.25) is 4.99 Å². The smallest absolute Gasteiger partial charge is 0.191 e. The van der Waals surface area contributed by atoms with Crippen LogP contribution in [0.1, 0.15) is 26.1 Å². The van der Waals surface area contributed by atoms with Crippen molar-refractivity contribution in [3.8, 4) is 0 Å². The van der Waals surface area contributed by atoms with Crippen molar-refractivity contribution in [2.24, 2.45) is 4.99 Å². The predicted molar refractivity (Wildman–Crippen MR) is 121 cm³/mol. The molecule has 7 nitrogen and oxygen atoms in total. The van der Waals surface area contributed by atoms with Crippen molar-refractivity contribution in [1.29, 1.82) is 0 Å². The average molecular weight is 519 g/mol. The lowest BCUT2D eigenvalue weighted by Gasteiger charge is -2.21. The molecule has 0 spiro atoms. The van der Waals surface area contributed by atoms with Crippen LogP contribution in [0.15, 0.2) is 29.5 Å². The van der Waals surface area contributed by atoms with Gasteiger partial charge in [-0.25, -0.2) is 8.78 Å². The number of rotatable bonds is 7. The van der Waals surface area contributed by atoms with Gasteiger partial charge in [0, 0.05) is 38.6 Å². The van der Waals surface area contributed by atoms with E-state index in [9.17, 15) is 8.78 Å². The fourth-order valence-electron chi connectivity index (χ4n) is 3.39. The van der Waals surface area contributed by atoms with Crippen LogP contribution >= 0.6 is 24.0 Å². The summed E-state index contributed by atoms with van der Waals surface area (Å²) < 4.78 is 30.0. The SMILES string of the molecule is CCNC(=NCCn1cnnc1CC)NC1CCN(c2c(F)cccc2F)C1.I. The number of nitrogens with one attached hydrogen (secondary N) is 2. The molecule has 1 atom stereocenters. The molecule has 1 aliphatic rings. The number of para-hydroxylation sites is 1. The van der Waals surface area contributed by atoms with Gasteiger partial charge in [0.2, 0.25) is 0 Å². The number of halogens is 3. The lowest BCUT2D eigenvalue weighted by Crippen LogP contribution is -2.44. The predicted octanol–water partition coefficient (Wildman–Crippen LogP) is 2.57. The second-order valence-corrected chi connectivity index (χ2v) is 6.70. The van der Waals surface area contributed by atoms with Gasteiger partial charge in [0.15, 0.2) is 5.96 Å². The minimum atomic E-state index is -0.526. The molecular weight excluding hydrogens is 491 g/mol. The first-order valence-corrected chi connectivity index (χ1v) is 9.72. The molecule has 10 heteroatoms. The van der Waals surface area contributed by atoms with E-state index in [1.807, 2.05) is 18.4 Å². The summed E-state index contributed by atoms with van der Waals surface area (Å²) in [4.78, 5) is 6.36. The maximum absolute atomic E-state index is 14.0. The van der Waals surface area contributed by atoms with Crippen molar-refractivity contribution in [3.05, 3.63) is 42.0 Å². The van der Waals surface area contributed by atoms with Crippen LogP contribution in [-0.4, -0.2) is 52.9 Å². The van der Waals surface area contributed by atoms with Gasteiger partial charge >= 0.3 is 0 Å². The number of hydrogen-bond acceptors (Lipinski definition) is 4. The Kier molecular flexibility index (Phi) is 9.05. The molecule has 1 aromatic heterocycles. The third kappa shape index (κ3) is 6.00. The topological polar surface area (TPSA) is 70.4 Å². The summed E-state index contributed by atoms with van der Waals surface area (Å²) in [6.45, 7) is 7.17. The highest BCUT2D eigenvalue weighted by Crippen LogP contribution is 2.26. The van der Waals surface area contributed by atoms with E-state index in [2.05, 4.69) is 25.8 Å². The Labute approximate surface area is 187 Å². The van der Waals surface area contributed by atoms with E-state index in [0.717, 1.165) is 25.2 Å². The highest BCUT2D eigenvalue weighted by Gasteiger charge is 2.27. The Bertz CT molecular complexity index is 791. The van der Waals surface area contributed by atoms with E-state index >= 15 is 0 Å². The van der Waals surface area contributed by atoms with E-state index in [1.165, 1.54) is 18.2 Å². The molecule has 160 valence electrons. The summed E-state index contributed by atoms with van der Waals surface area (Å²) >= 11 is 0. The maximum atomic E-state index is 14.0. The average Bonchev–Trinajstić information content (AvgIpc) is 3.31. The van der Waals surface area contributed by atoms with Crippen molar-refractivity contribution >= 4 is 35.6 Å². The summed E-state index contributed by atoms with van der Waals surface area (Å²) in [5.41, 5.74) is 0.0495. The summed E-state index contributed by atoms with van der Waals surface area (Å²) in [6.07, 6.45) is 3.32. The molecule has 2 N–H and O–H groups in total. The second kappa shape index (κ2) is 11.3. The molecule has 2 heterocycles. The molecule has 2 aromatic rings. The number of nitrogens with zero attached hydrogens (tertiary/aromatic N) is 5. The van der Waals surface area contributed by atoms with E-state index < -0.39 is 11.6 Å². The van der Waals surface area contributed by atoms with E-state index in [4.69, 9.17) is 0 Å². The quantitative estimate of drug-likeness (QED) is 0.335. The number of aliphatic imine (C=N–C) groups is 1. The third-order valence-electron chi connectivity index (χ3n) is 4.75. The van der Waals surface area contributed by atoms with Gasteiger partial charge in [-0.05, 0) is 25.5 Å². The van der Waals surface area contributed by atoms with Gasteiger partial charge in [0.05, 0.1) is 6.54 Å². The van der Waals surface area contributed by atoms with Crippen LogP contribution in [0.4, 0.5) is 14.5 Å². The Morgan fingerprint density at radius 3 is 2.72 bits per heavy atom. The largest absolute Gasteiger partial charge is 0.365 e. The van der Waals surface area contributed by atoms with E-state index in [0.29, 0.717) is 32.1 Å². The fourth-order valence-corrected chi connectivity index (χ4v) is 3.39. The Morgan fingerprint density at radius 1 is 1.28 bits per heavy atom. The molecule has 0 aliphatic carbocycles. The number of aryl methyl sites for hydroxylation is 1. The number of hydrogen-bond donors (Lipinski definition) is 2. The summed E-state index contributed by atoms with van der Waals surface area (Å²) in [5, 5.41) is 14.6. The van der Waals surface area contributed by atoms with Gasteiger partial charge in [-0.2, -0.15) is 0 Å². The maximum Gasteiger partial charge on any atom is 0.191 e. The molecule has 1 unspecified atom stereocenters. The minimum Gasteiger partial charge on any atom is -0.365 e. The van der Waals surface area contributed by atoms with Crippen molar-refractivity contribution in [1.82, 2.24) is 25.4 Å².